The third kappa shape index (κ3) is 4.57. The molecule has 7 heteroatoms. The van der Waals surface area contributed by atoms with Gasteiger partial charge in [0, 0.05) is 39.3 Å². The van der Waals surface area contributed by atoms with Crippen LogP contribution in [0.2, 0.25) is 0 Å². The number of aliphatic imine (C=N–C) groups is 1. The second-order valence-corrected chi connectivity index (χ2v) is 6.73. The Morgan fingerprint density at radius 2 is 2.04 bits per heavy atom. The first-order chi connectivity index (χ1) is 10.9. The first kappa shape index (κ1) is 18.0. The van der Waals surface area contributed by atoms with E-state index < -0.39 is 5.54 Å². The lowest BCUT2D eigenvalue weighted by atomic mass is 10.0. The first-order valence-corrected chi connectivity index (χ1v) is 8.65. The molecule has 0 radical (unpaired) electrons. The van der Waals surface area contributed by atoms with Crippen molar-refractivity contribution in [1.29, 1.82) is 0 Å². The zero-order valence-electron chi connectivity index (χ0n) is 14.7. The molecule has 2 aliphatic rings. The van der Waals surface area contributed by atoms with Crippen LogP contribution < -0.4 is 11.1 Å². The Hall–Kier alpha value is -1.34. The summed E-state index contributed by atoms with van der Waals surface area (Å²) in [4.78, 5) is 20.7. The van der Waals surface area contributed by atoms with E-state index in [0.29, 0.717) is 0 Å². The monoisotopic (exact) mass is 325 g/mol. The average Bonchev–Trinajstić information content (AvgIpc) is 3.05. The highest BCUT2D eigenvalue weighted by molar-refractivity contribution is 5.84. The first-order valence-electron chi connectivity index (χ1n) is 8.65. The highest BCUT2D eigenvalue weighted by Gasteiger charge is 2.35. The fourth-order valence-corrected chi connectivity index (χ4v) is 3.04. The van der Waals surface area contributed by atoms with Gasteiger partial charge in [-0.3, -0.25) is 14.7 Å². The number of carbonyl (C=O) groups excluding carboxylic acids is 1. The van der Waals surface area contributed by atoms with Gasteiger partial charge in [-0.15, -0.1) is 0 Å². The van der Waals surface area contributed by atoms with Crippen LogP contribution in [0, 0.1) is 0 Å². The summed E-state index contributed by atoms with van der Waals surface area (Å²) in [5.41, 5.74) is 4.92. The minimum Gasteiger partial charge on any atom is -0.376 e. The van der Waals surface area contributed by atoms with Gasteiger partial charge in [0.15, 0.2) is 5.96 Å². The van der Waals surface area contributed by atoms with Gasteiger partial charge in [0.25, 0.3) is 0 Å². The maximum absolute atomic E-state index is 11.6. The van der Waals surface area contributed by atoms with Crippen molar-refractivity contribution in [3.8, 4) is 0 Å². The van der Waals surface area contributed by atoms with Crippen molar-refractivity contribution >= 4 is 11.9 Å². The Morgan fingerprint density at radius 1 is 1.35 bits per heavy atom. The molecule has 0 aromatic carbocycles. The van der Waals surface area contributed by atoms with Crippen LogP contribution >= 0.6 is 0 Å². The molecule has 2 rings (SSSR count). The van der Waals surface area contributed by atoms with E-state index in [2.05, 4.69) is 22.0 Å². The molecule has 2 aliphatic heterocycles. The normalized spacial score (nSPS) is 24.0. The summed E-state index contributed by atoms with van der Waals surface area (Å²) >= 11 is 0. The fraction of sp³-hybridized carbons (Fsp3) is 0.875. The van der Waals surface area contributed by atoms with Gasteiger partial charge in [0.2, 0.25) is 5.91 Å². The van der Waals surface area contributed by atoms with Crippen molar-refractivity contribution in [2.75, 3.05) is 45.9 Å². The van der Waals surface area contributed by atoms with Crippen molar-refractivity contribution in [2.24, 2.45) is 10.7 Å². The molecule has 1 amide bonds. The summed E-state index contributed by atoms with van der Waals surface area (Å²) in [6.45, 7) is 11.6. The molecule has 1 atom stereocenters. The van der Waals surface area contributed by atoms with Gasteiger partial charge in [-0.05, 0) is 33.6 Å². The van der Waals surface area contributed by atoms with Crippen LogP contribution in [0.4, 0.5) is 0 Å². The highest BCUT2D eigenvalue weighted by Crippen LogP contribution is 2.17. The SMILES string of the molecule is CCNC(=NCC1CCCO1)N1CCN(C(C)(C)C(N)=O)CC1. The molecule has 2 heterocycles. The standard InChI is InChI=1S/C16H31N5O2/c1-4-18-15(19-12-13-6-5-11-23-13)20-7-9-21(10-8-20)16(2,3)14(17)22/h13H,4-12H2,1-3H3,(H2,17,22)(H,18,19). The molecule has 0 spiro atoms. The second-order valence-electron chi connectivity index (χ2n) is 6.73. The molecule has 0 bridgehead atoms. The molecule has 3 N–H and O–H groups in total. The molecule has 0 aliphatic carbocycles. The summed E-state index contributed by atoms with van der Waals surface area (Å²) < 4.78 is 5.64. The van der Waals surface area contributed by atoms with Gasteiger partial charge < -0.3 is 20.7 Å². The third-order valence-electron chi connectivity index (χ3n) is 4.78. The maximum Gasteiger partial charge on any atom is 0.237 e. The number of rotatable bonds is 5. The lowest BCUT2D eigenvalue weighted by Gasteiger charge is -2.43. The van der Waals surface area contributed by atoms with Gasteiger partial charge in [0.1, 0.15) is 0 Å². The number of hydrogen-bond donors (Lipinski definition) is 2. The van der Waals surface area contributed by atoms with E-state index in [1.807, 2.05) is 13.8 Å². The van der Waals surface area contributed by atoms with Crippen molar-refractivity contribution in [3.05, 3.63) is 0 Å². The largest absolute Gasteiger partial charge is 0.376 e. The van der Waals surface area contributed by atoms with Crippen molar-refractivity contribution in [2.45, 2.75) is 45.3 Å². The van der Waals surface area contributed by atoms with Crippen molar-refractivity contribution in [1.82, 2.24) is 15.1 Å². The Morgan fingerprint density at radius 3 is 2.57 bits per heavy atom. The fourth-order valence-electron chi connectivity index (χ4n) is 3.04. The van der Waals surface area contributed by atoms with E-state index in [9.17, 15) is 4.79 Å². The van der Waals surface area contributed by atoms with Crippen LogP contribution in [-0.2, 0) is 9.53 Å². The molecule has 1 unspecified atom stereocenters. The van der Waals surface area contributed by atoms with E-state index in [4.69, 9.17) is 15.5 Å². The molecule has 7 nitrogen and oxygen atoms in total. The van der Waals surface area contributed by atoms with Crippen LogP contribution in [0.1, 0.15) is 33.6 Å². The molecular formula is C16H31N5O2. The van der Waals surface area contributed by atoms with Gasteiger partial charge in [-0.1, -0.05) is 0 Å². The molecule has 132 valence electrons. The maximum atomic E-state index is 11.6. The van der Waals surface area contributed by atoms with Gasteiger partial charge in [0.05, 0.1) is 18.2 Å². The number of primary amides is 1. The molecule has 0 aromatic rings. The Balaban J connectivity index is 1.91. The van der Waals surface area contributed by atoms with Gasteiger partial charge >= 0.3 is 0 Å². The third-order valence-corrected chi connectivity index (χ3v) is 4.78. The zero-order valence-corrected chi connectivity index (χ0v) is 14.7. The van der Waals surface area contributed by atoms with Gasteiger partial charge in [-0.2, -0.15) is 0 Å². The van der Waals surface area contributed by atoms with Crippen LogP contribution in [0.25, 0.3) is 0 Å². The van der Waals surface area contributed by atoms with Crippen molar-refractivity contribution in [3.63, 3.8) is 0 Å². The summed E-state index contributed by atoms with van der Waals surface area (Å²) in [7, 11) is 0. The highest BCUT2D eigenvalue weighted by atomic mass is 16.5. The lowest BCUT2D eigenvalue weighted by Crippen LogP contribution is -2.61. The summed E-state index contributed by atoms with van der Waals surface area (Å²) in [6.07, 6.45) is 2.50. The number of amides is 1. The quantitative estimate of drug-likeness (QED) is 0.550. The summed E-state index contributed by atoms with van der Waals surface area (Å²) in [5.74, 6) is 0.671. The summed E-state index contributed by atoms with van der Waals surface area (Å²) in [5, 5.41) is 3.36. The smallest absolute Gasteiger partial charge is 0.237 e. The number of carbonyl (C=O) groups is 1. The molecule has 23 heavy (non-hydrogen) atoms. The van der Waals surface area contributed by atoms with E-state index in [1.54, 1.807) is 0 Å². The number of nitrogens with one attached hydrogen (secondary N) is 1. The van der Waals surface area contributed by atoms with Crippen LogP contribution in [0.5, 0.6) is 0 Å². The molecule has 2 fully saturated rings. The number of piperazine rings is 1. The predicted octanol–water partition coefficient (Wildman–Crippen LogP) is 0.0124. The predicted molar refractivity (Wildman–Crippen MR) is 91.4 cm³/mol. The molecular weight excluding hydrogens is 294 g/mol. The minimum absolute atomic E-state index is 0.263. The van der Waals surface area contributed by atoms with E-state index in [-0.39, 0.29) is 12.0 Å². The van der Waals surface area contributed by atoms with Crippen molar-refractivity contribution < 1.29 is 9.53 Å². The zero-order chi connectivity index (χ0) is 16.9. The number of ether oxygens (including phenoxy) is 1. The summed E-state index contributed by atoms with van der Waals surface area (Å²) in [6, 6.07) is 0. The Kier molecular flexibility index (Phi) is 6.24. The topological polar surface area (TPSA) is 83.2 Å². The van der Waals surface area contributed by atoms with E-state index in [0.717, 1.165) is 64.7 Å². The Bertz CT molecular complexity index is 424. The number of nitrogens with zero attached hydrogens (tertiary/aromatic N) is 3. The van der Waals surface area contributed by atoms with Crippen LogP contribution in [0.3, 0.4) is 0 Å². The van der Waals surface area contributed by atoms with E-state index >= 15 is 0 Å². The number of nitrogens with two attached hydrogens (primary N) is 1. The lowest BCUT2D eigenvalue weighted by molar-refractivity contribution is -0.129. The molecule has 0 aromatic heterocycles. The average molecular weight is 325 g/mol. The minimum atomic E-state index is -0.598. The molecule has 2 saturated heterocycles. The number of hydrogen-bond acceptors (Lipinski definition) is 4. The Labute approximate surface area is 139 Å². The second kappa shape index (κ2) is 7.97. The number of guanidine groups is 1. The molecule has 0 saturated carbocycles. The van der Waals surface area contributed by atoms with E-state index in [1.165, 1.54) is 0 Å². The van der Waals surface area contributed by atoms with Gasteiger partial charge in [-0.25, -0.2) is 0 Å². The van der Waals surface area contributed by atoms with Crippen LogP contribution in [0.15, 0.2) is 4.99 Å². The van der Waals surface area contributed by atoms with Crippen LogP contribution in [-0.4, -0.2) is 79.2 Å².